The van der Waals surface area contributed by atoms with Crippen molar-refractivity contribution in [3.05, 3.63) is 48.4 Å². The molecule has 0 saturated carbocycles. The number of furan rings is 1. The Balaban J connectivity index is 2.02. The Kier molecular flexibility index (Phi) is 5.19. The van der Waals surface area contributed by atoms with Gasteiger partial charge in [0.05, 0.1) is 19.1 Å². The minimum atomic E-state index is -0.317. The molecule has 1 aromatic carbocycles. The fourth-order valence-corrected chi connectivity index (χ4v) is 1.99. The van der Waals surface area contributed by atoms with Crippen molar-refractivity contribution in [1.29, 1.82) is 0 Å². The second kappa shape index (κ2) is 7.31. The van der Waals surface area contributed by atoms with E-state index >= 15 is 0 Å². The zero-order chi connectivity index (χ0) is 15.9. The third-order valence-electron chi connectivity index (χ3n) is 3.12. The minimum Gasteiger partial charge on any atom is -0.495 e. The number of ether oxygens (including phenoxy) is 1. The lowest BCUT2D eigenvalue weighted by molar-refractivity contribution is -0.116. The lowest BCUT2D eigenvalue weighted by Gasteiger charge is -2.19. The van der Waals surface area contributed by atoms with Crippen LogP contribution >= 0.6 is 0 Å². The zero-order valence-electron chi connectivity index (χ0n) is 12.5. The quantitative estimate of drug-likeness (QED) is 0.889. The SMILES string of the molecule is CCN(CC(=O)Nc1ccccc1OC)C(=O)c1ccco1. The first kappa shape index (κ1) is 15.6. The molecule has 0 atom stereocenters. The van der Waals surface area contributed by atoms with E-state index in [4.69, 9.17) is 9.15 Å². The molecule has 0 aliphatic carbocycles. The van der Waals surface area contributed by atoms with E-state index in [0.717, 1.165) is 0 Å². The van der Waals surface area contributed by atoms with E-state index in [2.05, 4.69) is 5.32 Å². The summed E-state index contributed by atoms with van der Waals surface area (Å²) in [6, 6.07) is 10.3. The number of likely N-dealkylation sites (N-methyl/N-ethyl adjacent to an activating group) is 1. The summed E-state index contributed by atoms with van der Waals surface area (Å²) >= 11 is 0. The summed E-state index contributed by atoms with van der Waals surface area (Å²) in [5.74, 6) is 0.164. The molecule has 6 nitrogen and oxygen atoms in total. The van der Waals surface area contributed by atoms with E-state index in [1.807, 2.05) is 6.07 Å². The molecule has 0 fully saturated rings. The lowest BCUT2D eigenvalue weighted by atomic mass is 10.3. The van der Waals surface area contributed by atoms with Gasteiger partial charge in [0.25, 0.3) is 5.91 Å². The van der Waals surface area contributed by atoms with Crippen LogP contribution < -0.4 is 10.1 Å². The molecule has 2 amide bonds. The molecule has 2 aromatic rings. The van der Waals surface area contributed by atoms with Crippen LogP contribution in [-0.2, 0) is 4.79 Å². The van der Waals surface area contributed by atoms with Crippen molar-refractivity contribution in [2.75, 3.05) is 25.5 Å². The number of hydrogen-bond acceptors (Lipinski definition) is 4. The van der Waals surface area contributed by atoms with Gasteiger partial charge in [0.1, 0.15) is 12.3 Å². The predicted molar refractivity (Wildman–Crippen MR) is 81.9 cm³/mol. The van der Waals surface area contributed by atoms with E-state index in [0.29, 0.717) is 18.0 Å². The number of carbonyl (C=O) groups excluding carboxylic acids is 2. The Morgan fingerprint density at radius 1 is 1.23 bits per heavy atom. The summed E-state index contributed by atoms with van der Waals surface area (Å²) in [5, 5.41) is 2.74. The van der Waals surface area contributed by atoms with Crippen LogP contribution in [0.1, 0.15) is 17.5 Å². The van der Waals surface area contributed by atoms with Gasteiger partial charge in [-0.25, -0.2) is 0 Å². The monoisotopic (exact) mass is 302 g/mol. The molecule has 2 rings (SSSR count). The number of amides is 2. The van der Waals surface area contributed by atoms with Gasteiger partial charge in [-0.05, 0) is 31.2 Å². The summed E-state index contributed by atoms with van der Waals surface area (Å²) < 4.78 is 10.2. The molecule has 0 aliphatic heterocycles. The third-order valence-corrected chi connectivity index (χ3v) is 3.12. The van der Waals surface area contributed by atoms with Gasteiger partial charge in [0.15, 0.2) is 5.76 Å². The molecule has 0 saturated heterocycles. The van der Waals surface area contributed by atoms with Gasteiger partial charge < -0.3 is 19.4 Å². The molecule has 0 spiro atoms. The van der Waals surface area contributed by atoms with Crippen LogP contribution in [0.5, 0.6) is 5.75 Å². The number of para-hydroxylation sites is 2. The van der Waals surface area contributed by atoms with Crippen LogP contribution in [0.3, 0.4) is 0 Å². The van der Waals surface area contributed by atoms with Crippen LogP contribution in [0.2, 0.25) is 0 Å². The Morgan fingerprint density at radius 3 is 2.64 bits per heavy atom. The topological polar surface area (TPSA) is 71.8 Å². The normalized spacial score (nSPS) is 10.1. The van der Waals surface area contributed by atoms with Gasteiger partial charge in [-0.1, -0.05) is 12.1 Å². The van der Waals surface area contributed by atoms with Crippen LogP contribution in [0.15, 0.2) is 47.1 Å². The highest BCUT2D eigenvalue weighted by Gasteiger charge is 2.19. The van der Waals surface area contributed by atoms with Crippen molar-refractivity contribution in [3.63, 3.8) is 0 Å². The van der Waals surface area contributed by atoms with Crippen LogP contribution in [0.4, 0.5) is 5.69 Å². The standard InChI is InChI=1S/C16H18N2O4/c1-3-18(16(20)14-9-6-10-22-14)11-15(19)17-12-7-4-5-8-13(12)21-2/h4-10H,3,11H2,1-2H3,(H,17,19). The molecule has 0 bridgehead atoms. The fourth-order valence-electron chi connectivity index (χ4n) is 1.99. The maximum Gasteiger partial charge on any atom is 0.290 e. The highest BCUT2D eigenvalue weighted by molar-refractivity contribution is 5.98. The Hall–Kier alpha value is -2.76. The number of nitrogens with zero attached hydrogens (tertiary/aromatic N) is 1. The first-order chi connectivity index (χ1) is 10.7. The van der Waals surface area contributed by atoms with E-state index in [-0.39, 0.29) is 24.1 Å². The summed E-state index contributed by atoms with van der Waals surface area (Å²) in [6.45, 7) is 2.14. The van der Waals surface area contributed by atoms with E-state index in [1.165, 1.54) is 18.3 Å². The molecule has 6 heteroatoms. The first-order valence-electron chi connectivity index (χ1n) is 6.91. The zero-order valence-corrected chi connectivity index (χ0v) is 12.5. The van der Waals surface area contributed by atoms with Gasteiger partial charge in [-0.3, -0.25) is 9.59 Å². The molecule has 1 heterocycles. The molecule has 116 valence electrons. The second-order valence-corrected chi connectivity index (χ2v) is 4.55. The third kappa shape index (κ3) is 3.66. The Morgan fingerprint density at radius 2 is 2.00 bits per heavy atom. The molecule has 1 N–H and O–H groups in total. The largest absolute Gasteiger partial charge is 0.495 e. The van der Waals surface area contributed by atoms with Crippen molar-refractivity contribution < 1.29 is 18.7 Å². The number of methoxy groups -OCH3 is 1. The molecule has 0 unspecified atom stereocenters. The van der Waals surface area contributed by atoms with Gasteiger partial charge >= 0.3 is 0 Å². The van der Waals surface area contributed by atoms with Crippen LogP contribution in [-0.4, -0.2) is 36.9 Å². The Bertz CT molecular complexity index is 637. The van der Waals surface area contributed by atoms with E-state index < -0.39 is 0 Å². The van der Waals surface area contributed by atoms with Crippen molar-refractivity contribution >= 4 is 17.5 Å². The van der Waals surface area contributed by atoms with Gasteiger partial charge in [-0.2, -0.15) is 0 Å². The fraction of sp³-hybridized carbons (Fsp3) is 0.250. The predicted octanol–water partition coefficient (Wildman–Crippen LogP) is 2.39. The number of hydrogen-bond donors (Lipinski definition) is 1. The van der Waals surface area contributed by atoms with Crippen molar-refractivity contribution in [2.24, 2.45) is 0 Å². The van der Waals surface area contributed by atoms with E-state index in [9.17, 15) is 9.59 Å². The smallest absolute Gasteiger partial charge is 0.290 e. The molecule has 0 aliphatic rings. The van der Waals surface area contributed by atoms with Gasteiger partial charge in [-0.15, -0.1) is 0 Å². The molecule has 0 radical (unpaired) electrons. The maximum absolute atomic E-state index is 12.2. The van der Waals surface area contributed by atoms with E-state index in [1.54, 1.807) is 37.3 Å². The highest BCUT2D eigenvalue weighted by atomic mass is 16.5. The number of rotatable bonds is 6. The summed E-state index contributed by atoms with van der Waals surface area (Å²) in [7, 11) is 1.53. The number of carbonyl (C=O) groups is 2. The Labute approximate surface area is 128 Å². The summed E-state index contributed by atoms with van der Waals surface area (Å²) in [4.78, 5) is 25.7. The van der Waals surface area contributed by atoms with Crippen molar-refractivity contribution in [2.45, 2.75) is 6.92 Å². The van der Waals surface area contributed by atoms with Crippen LogP contribution in [0, 0.1) is 0 Å². The minimum absolute atomic E-state index is 0.0614. The van der Waals surface area contributed by atoms with Crippen LogP contribution in [0.25, 0.3) is 0 Å². The molecule has 1 aromatic heterocycles. The molecular weight excluding hydrogens is 284 g/mol. The van der Waals surface area contributed by atoms with Gasteiger partial charge in [0, 0.05) is 6.54 Å². The highest BCUT2D eigenvalue weighted by Crippen LogP contribution is 2.22. The molecular formula is C16H18N2O4. The number of anilines is 1. The second-order valence-electron chi connectivity index (χ2n) is 4.55. The first-order valence-corrected chi connectivity index (χ1v) is 6.91. The number of benzene rings is 1. The lowest BCUT2D eigenvalue weighted by Crippen LogP contribution is -2.37. The summed E-state index contributed by atoms with van der Waals surface area (Å²) in [5.41, 5.74) is 0.566. The van der Waals surface area contributed by atoms with Gasteiger partial charge in [0.2, 0.25) is 5.91 Å². The average Bonchev–Trinajstić information content (AvgIpc) is 3.07. The van der Waals surface area contributed by atoms with Crippen molar-refractivity contribution in [1.82, 2.24) is 4.90 Å². The molecule has 22 heavy (non-hydrogen) atoms. The van der Waals surface area contributed by atoms with Crippen molar-refractivity contribution in [3.8, 4) is 5.75 Å². The average molecular weight is 302 g/mol. The number of nitrogens with one attached hydrogen (secondary N) is 1. The maximum atomic E-state index is 12.2. The summed E-state index contributed by atoms with van der Waals surface area (Å²) in [6.07, 6.45) is 1.43.